The number of carbonyl (C=O) groups excluding carboxylic acids is 3. The zero-order valence-corrected chi connectivity index (χ0v) is 28.7. The molecule has 0 aliphatic carbocycles. The third kappa shape index (κ3) is 12.9. The maximum absolute atomic E-state index is 12.9. The normalized spacial score (nSPS) is 17.1. The van der Waals surface area contributed by atoms with Crippen LogP contribution in [0, 0.1) is 18.3 Å². The molecule has 2 aliphatic rings. The maximum atomic E-state index is 12.9. The van der Waals surface area contributed by atoms with Crippen molar-refractivity contribution in [3.8, 4) is 0 Å². The number of rotatable bonds is 16. The van der Waals surface area contributed by atoms with E-state index in [0.29, 0.717) is 31.2 Å². The molecular weight excluding hydrogens is 578 g/mol. The van der Waals surface area contributed by atoms with E-state index >= 15 is 0 Å². The van der Waals surface area contributed by atoms with Crippen molar-refractivity contribution < 1.29 is 14.4 Å². The minimum atomic E-state index is -0.378. The third-order valence-corrected chi connectivity index (χ3v) is 9.87. The van der Waals surface area contributed by atoms with Gasteiger partial charge in [-0.15, -0.1) is 0 Å². The van der Waals surface area contributed by atoms with Gasteiger partial charge in [0.2, 0.25) is 17.7 Å². The van der Waals surface area contributed by atoms with Gasteiger partial charge in [0.15, 0.2) is 0 Å². The van der Waals surface area contributed by atoms with E-state index in [9.17, 15) is 14.4 Å². The molecule has 0 spiro atoms. The van der Waals surface area contributed by atoms with Crippen molar-refractivity contribution >= 4 is 17.7 Å². The van der Waals surface area contributed by atoms with Crippen molar-refractivity contribution in [2.75, 3.05) is 39.3 Å². The Kier molecular flexibility index (Phi) is 16.2. The summed E-state index contributed by atoms with van der Waals surface area (Å²) in [6.07, 6.45) is 16.5. The molecule has 2 aromatic rings. The monoisotopic (exact) mass is 637 g/mol. The Morgan fingerprint density at radius 1 is 0.978 bits per heavy atom. The number of aromatic nitrogens is 3. The molecule has 2 aliphatic heterocycles. The maximum Gasteiger partial charge on any atom is 0.222 e. The molecular formula is C36H59N7O3. The van der Waals surface area contributed by atoms with E-state index in [1.54, 1.807) is 6.33 Å². The van der Waals surface area contributed by atoms with Gasteiger partial charge in [0.1, 0.15) is 12.7 Å². The smallest absolute Gasteiger partial charge is 0.222 e. The predicted molar refractivity (Wildman–Crippen MR) is 183 cm³/mol. The summed E-state index contributed by atoms with van der Waals surface area (Å²) in [5.74, 6) is 0.598. The molecule has 3 heterocycles. The van der Waals surface area contributed by atoms with E-state index in [4.69, 9.17) is 5.73 Å². The van der Waals surface area contributed by atoms with Crippen molar-refractivity contribution in [1.82, 2.24) is 29.9 Å². The summed E-state index contributed by atoms with van der Waals surface area (Å²) in [5, 5.41) is 7.09. The highest BCUT2D eigenvalue weighted by Crippen LogP contribution is 2.44. The first-order chi connectivity index (χ1) is 22.2. The summed E-state index contributed by atoms with van der Waals surface area (Å²) < 4.78 is 2.00. The molecule has 3 N–H and O–H groups in total. The molecule has 1 unspecified atom stereocenters. The van der Waals surface area contributed by atoms with E-state index in [0.717, 1.165) is 58.5 Å². The van der Waals surface area contributed by atoms with Crippen LogP contribution in [0.1, 0.15) is 102 Å². The van der Waals surface area contributed by atoms with Gasteiger partial charge >= 0.3 is 0 Å². The highest BCUT2D eigenvalue weighted by atomic mass is 16.2. The summed E-state index contributed by atoms with van der Waals surface area (Å²) in [6, 6.07) is 8.53. The molecule has 1 aromatic heterocycles. The Hall–Kier alpha value is -3.27. The quantitative estimate of drug-likeness (QED) is 0.270. The van der Waals surface area contributed by atoms with Crippen LogP contribution < -0.4 is 11.1 Å². The van der Waals surface area contributed by atoms with E-state index in [1.807, 2.05) is 11.0 Å². The van der Waals surface area contributed by atoms with Crippen molar-refractivity contribution in [2.45, 2.75) is 111 Å². The fourth-order valence-corrected chi connectivity index (χ4v) is 6.95. The number of primary amides is 1. The zero-order valence-electron chi connectivity index (χ0n) is 28.7. The molecule has 2 saturated heterocycles. The number of hydrogen-bond donors (Lipinski definition) is 2. The summed E-state index contributed by atoms with van der Waals surface area (Å²) in [7, 11) is 0. The molecule has 3 amide bonds. The minimum absolute atomic E-state index is 0.00632. The molecule has 46 heavy (non-hydrogen) atoms. The number of likely N-dealkylation sites (tertiary alicyclic amines) is 2. The van der Waals surface area contributed by atoms with Crippen LogP contribution >= 0.6 is 0 Å². The second kappa shape index (κ2) is 20.1. The third-order valence-electron chi connectivity index (χ3n) is 9.87. The molecule has 2 fully saturated rings. The summed E-state index contributed by atoms with van der Waals surface area (Å²) in [5.41, 5.74) is 7.69. The number of nitrogens with two attached hydrogens (primary N) is 1. The van der Waals surface area contributed by atoms with Crippen LogP contribution in [0.25, 0.3) is 0 Å². The van der Waals surface area contributed by atoms with Gasteiger partial charge in [-0.1, -0.05) is 69.4 Å². The lowest BCUT2D eigenvalue weighted by Crippen LogP contribution is -2.48. The van der Waals surface area contributed by atoms with Crippen LogP contribution in [0.5, 0.6) is 0 Å². The number of nitrogens with zero attached hydrogens (tertiary/aromatic N) is 5. The van der Waals surface area contributed by atoms with Gasteiger partial charge in [0.05, 0.1) is 0 Å². The second-order valence-electron chi connectivity index (χ2n) is 13.3. The number of carbonyl (C=O) groups is 3. The van der Waals surface area contributed by atoms with Gasteiger partial charge in [-0.05, 0) is 75.4 Å². The number of nitrogens with one attached hydrogen (secondary N) is 1. The largest absolute Gasteiger partial charge is 0.370 e. The minimum Gasteiger partial charge on any atom is -0.370 e. The van der Waals surface area contributed by atoms with Crippen LogP contribution in [0.15, 0.2) is 36.9 Å². The topological polar surface area (TPSA) is 126 Å². The molecule has 256 valence electrons. The van der Waals surface area contributed by atoms with Crippen LogP contribution in [-0.4, -0.2) is 81.6 Å². The Labute approximate surface area is 276 Å². The lowest BCUT2D eigenvalue weighted by Gasteiger charge is -2.46. The van der Waals surface area contributed by atoms with Crippen molar-refractivity contribution in [3.63, 3.8) is 0 Å². The first-order valence-corrected chi connectivity index (χ1v) is 17.7. The van der Waals surface area contributed by atoms with Gasteiger partial charge in [0.25, 0.3) is 0 Å². The second-order valence-corrected chi connectivity index (χ2v) is 13.3. The molecule has 0 radical (unpaired) electrons. The Bertz CT molecular complexity index is 1150. The fraction of sp³-hybridized carbons (Fsp3) is 0.694. The molecule has 4 rings (SSSR count). The number of benzene rings is 1. The SMILES string of the molecule is CCCCC(CC)C1(Cn2cncn2)CCN(C(=O)CCc2ccc(C)cc2)CC1.NC(=O)CCNC(=O)CCN1CCCCC1. The van der Waals surface area contributed by atoms with E-state index in [-0.39, 0.29) is 23.7 Å². The van der Waals surface area contributed by atoms with E-state index < -0.39 is 0 Å². The summed E-state index contributed by atoms with van der Waals surface area (Å²) in [6.45, 7) is 12.7. The number of aryl methyl sites for hydroxylation is 2. The van der Waals surface area contributed by atoms with Gasteiger partial charge in [-0.25, -0.2) is 4.98 Å². The van der Waals surface area contributed by atoms with Gasteiger partial charge in [-0.3, -0.25) is 19.1 Å². The molecule has 0 saturated carbocycles. The summed E-state index contributed by atoms with van der Waals surface area (Å²) >= 11 is 0. The first kappa shape index (κ1) is 37.2. The lowest BCUT2D eigenvalue weighted by molar-refractivity contribution is -0.134. The average molecular weight is 638 g/mol. The summed E-state index contributed by atoms with van der Waals surface area (Å²) in [4.78, 5) is 43.3. The molecule has 0 bridgehead atoms. The Morgan fingerprint density at radius 2 is 1.70 bits per heavy atom. The highest BCUT2D eigenvalue weighted by Gasteiger charge is 2.41. The molecule has 10 heteroatoms. The van der Waals surface area contributed by atoms with Crippen molar-refractivity contribution in [3.05, 3.63) is 48.0 Å². The molecule has 1 atom stereocenters. The van der Waals surface area contributed by atoms with E-state index in [1.165, 1.54) is 56.1 Å². The van der Waals surface area contributed by atoms with Crippen molar-refractivity contribution in [2.24, 2.45) is 17.1 Å². The number of hydrogen-bond acceptors (Lipinski definition) is 6. The standard InChI is InChI=1S/C25H38N4O.C11H21N3O2/c1-4-6-7-23(5-2)25(18-29-20-26-19-27-29)14-16-28(17-15-25)24(30)13-12-22-10-8-21(3)9-11-22;12-10(15)4-6-13-11(16)5-9-14-7-2-1-3-8-14/h8-11,19-20,23H,4-7,12-18H2,1-3H3;1-9H2,(H2,12,15)(H,13,16). The average Bonchev–Trinajstić information content (AvgIpc) is 3.57. The van der Waals surface area contributed by atoms with Crippen LogP contribution in [0.3, 0.4) is 0 Å². The van der Waals surface area contributed by atoms with Crippen LogP contribution in [-0.2, 0) is 27.3 Å². The first-order valence-electron chi connectivity index (χ1n) is 17.7. The van der Waals surface area contributed by atoms with Gasteiger partial charge in [0, 0.05) is 52.0 Å². The van der Waals surface area contributed by atoms with Gasteiger partial charge in [-0.2, -0.15) is 5.10 Å². The zero-order chi connectivity index (χ0) is 33.2. The molecule has 10 nitrogen and oxygen atoms in total. The lowest BCUT2D eigenvalue weighted by atomic mass is 9.66. The predicted octanol–water partition coefficient (Wildman–Crippen LogP) is 4.90. The van der Waals surface area contributed by atoms with Crippen LogP contribution in [0.4, 0.5) is 0 Å². The number of amides is 3. The van der Waals surface area contributed by atoms with Gasteiger partial charge < -0.3 is 20.9 Å². The highest BCUT2D eigenvalue weighted by molar-refractivity contribution is 5.78. The molecule has 1 aromatic carbocycles. The van der Waals surface area contributed by atoms with Crippen molar-refractivity contribution in [1.29, 1.82) is 0 Å². The van der Waals surface area contributed by atoms with E-state index in [2.05, 4.69) is 70.2 Å². The Morgan fingerprint density at radius 3 is 2.30 bits per heavy atom. The van der Waals surface area contributed by atoms with Crippen LogP contribution in [0.2, 0.25) is 0 Å². The Balaban J connectivity index is 0.000000304. The number of piperidine rings is 2. The fourth-order valence-electron chi connectivity index (χ4n) is 6.95. The number of unbranched alkanes of at least 4 members (excludes halogenated alkanes) is 1.